The molecule has 0 atom stereocenters. The first-order valence-corrected chi connectivity index (χ1v) is 6.36. The molecule has 2 rings (SSSR count). The van der Waals surface area contributed by atoms with Crippen molar-refractivity contribution in [1.29, 1.82) is 0 Å². The molecule has 0 aliphatic heterocycles. The van der Waals surface area contributed by atoms with Gasteiger partial charge in [-0.15, -0.1) is 0 Å². The molecule has 0 radical (unpaired) electrons. The van der Waals surface area contributed by atoms with E-state index in [0.29, 0.717) is 17.8 Å². The number of hydrogen-bond donors (Lipinski definition) is 1. The Morgan fingerprint density at radius 3 is 2.26 bits per heavy atom. The highest BCUT2D eigenvalue weighted by atomic mass is 35.5. The zero-order chi connectivity index (χ0) is 14.0. The molecule has 19 heavy (non-hydrogen) atoms. The first kappa shape index (κ1) is 14.1. The lowest BCUT2D eigenvalue weighted by Gasteiger charge is -2.09. The van der Waals surface area contributed by atoms with E-state index in [0.717, 1.165) is 5.56 Å². The number of anilines is 1. The van der Waals surface area contributed by atoms with Crippen LogP contribution in [0.1, 0.15) is 11.1 Å². The zero-order valence-electron chi connectivity index (χ0n) is 10.1. The zero-order valence-corrected chi connectivity index (χ0v) is 11.6. The van der Waals surface area contributed by atoms with Gasteiger partial charge in [0.05, 0.1) is 10.0 Å². The van der Waals surface area contributed by atoms with Gasteiger partial charge >= 0.3 is 0 Å². The van der Waals surface area contributed by atoms with E-state index in [1.807, 2.05) is 0 Å². The third kappa shape index (κ3) is 3.37. The fourth-order valence-corrected chi connectivity index (χ4v) is 2.17. The van der Waals surface area contributed by atoms with E-state index in [1.165, 1.54) is 18.2 Å². The maximum atomic E-state index is 13.2. The van der Waals surface area contributed by atoms with Crippen LogP contribution in [0.5, 0.6) is 0 Å². The fraction of sp³-hybridized carbons (Fsp3) is 0.143. The molecule has 0 amide bonds. The molecule has 0 aliphatic carbocycles. The SMILES string of the molecule is Cc1cc(CNc2cc(Cl)c(F)c(Cl)c2)ccc1F. The number of benzene rings is 2. The van der Waals surface area contributed by atoms with Crippen LogP contribution in [0.15, 0.2) is 30.3 Å². The molecule has 0 saturated carbocycles. The number of rotatable bonds is 3. The van der Waals surface area contributed by atoms with E-state index in [2.05, 4.69) is 5.32 Å². The number of aryl methyl sites for hydroxylation is 1. The van der Waals surface area contributed by atoms with Crippen LogP contribution in [0.25, 0.3) is 0 Å². The summed E-state index contributed by atoms with van der Waals surface area (Å²) < 4.78 is 26.4. The summed E-state index contributed by atoms with van der Waals surface area (Å²) in [6.07, 6.45) is 0. The molecule has 0 heterocycles. The maximum Gasteiger partial charge on any atom is 0.160 e. The van der Waals surface area contributed by atoms with Gasteiger partial charge in [-0.2, -0.15) is 0 Å². The van der Waals surface area contributed by atoms with Gasteiger partial charge in [-0.05, 0) is 36.2 Å². The van der Waals surface area contributed by atoms with Crippen LogP contribution in [0.3, 0.4) is 0 Å². The molecule has 0 fully saturated rings. The molecule has 0 saturated heterocycles. The Hall–Kier alpha value is -1.32. The topological polar surface area (TPSA) is 12.0 Å². The van der Waals surface area contributed by atoms with Crippen LogP contribution in [-0.4, -0.2) is 0 Å². The van der Waals surface area contributed by atoms with Crippen LogP contribution in [0.4, 0.5) is 14.5 Å². The molecular formula is C14H11Cl2F2N. The molecule has 0 aromatic heterocycles. The lowest BCUT2D eigenvalue weighted by atomic mass is 10.1. The standard InChI is InChI=1S/C14H11Cl2F2N/c1-8-4-9(2-3-13(8)17)7-19-10-5-11(15)14(18)12(16)6-10/h2-6,19H,7H2,1H3. The Kier molecular flexibility index (Phi) is 4.27. The summed E-state index contributed by atoms with van der Waals surface area (Å²) in [6, 6.07) is 7.76. The first-order chi connectivity index (χ1) is 8.97. The van der Waals surface area contributed by atoms with Crippen LogP contribution >= 0.6 is 23.2 Å². The molecule has 0 unspecified atom stereocenters. The van der Waals surface area contributed by atoms with Gasteiger partial charge in [0.2, 0.25) is 0 Å². The average Bonchev–Trinajstić information content (AvgIpc) is 2.37. The second kappa shape index (κ2) is 5.76. The third-order valence-corrected chi connectivity index (χ3v) is 3.25. The minimum absolute atomic E-state index is 0.0368. The van der Waals surface area contributed by atoms with E-state index < -0.39 is 5.82 Å². The smallest absolute Gasteiger partial charge is 0.160 e. The van der Waals surface area contributed by atoms with Gasteiger partial charge in [-0.25, -0.2) is 8.78 Å². The van der Waals surface area contributed by atoms with E-state index in [4.69, 9.17) is 23.2 Å². The summed E-state index contributed by atoms with van der Waals surface area (Å²) in [5.74, 6) is -0.872. The van der Waals surface area contributed by atoms with Crippen molar-refractivity contribution >= 4 is 28.9 Å². The summed E-state index contributed by atoms with van der Waals surface area (Å²) in [6.45, 7) is 2.17. The predicted octanol–water partition coefficient (Wildman–Crippen LogP) is 5.19. The first-order valence-electron chi connectivity index (χ1n) is 5.61. The average molecular weight is 302 g/mol. The maximum absolute atomic E-state index is 13.2. The van der Waals surface area contributed by atoms with Crippen molar-refractivity contribution in [1.82, 2.24) is 0 Å². The van der Waals surface area contributed by atoms with Gasteiger partial charge in [-0.3, -0.25) is 0 Å². The quantitative estimate of drug-likeness (QED) is 0.769. The summed E-state index contributed by atoms with van der Waals surface area (Å²) >= 11 is 11.4. The van der Waals surface area contributed by atoms with Crippen molar-refractivity contribution in [3.05, 3.63) is 63.1 Å². The second-order valence-electron chi connectivity index (χ2n) is 4.19. The molecule has 0 aliphatic rings. The van der Waals surface area contributed by atoms with Gasteiger partial charge in [0.15, 0.2) is 5.82 Å². The van der Waals surface area contributed by atoms with Gasteiger partial charge in [0.1, 0.15) is 5.82 Å². The van der Waals surface area contributed by atoms with Crippen molar-refractivity contribution in [2.24, 2.45) is 0 Å². The van der Waals surface area contributed by atoms with Crippen molar-refractivity contribution in [2.45, 2.75) is 13.5 Å². The van der Waals surface area contributed by atoms with E-state index in [-0.39, 0.29) is 15.9 Å². The normalized spacial score (nSPS) is 10.6. The van der Waals surface area contributed by atoms with Crippen LogP contribution in [0, 0.1) is 18.6 Å². The number of hydrogen-bond acceptors (Lipinski definition) is 1. The summed E-state index contributed by atoms with van der Waals surface area (Å²) in [5, 5.41) is 2.98. The fourth-order valence-electron chi connectivity index (χ4n) is 1.68. The second-order valence-corrected chi connectivity index (χ2v) is 5.01. The Labute approximate surface area is 120 Å². The van der Waals surface area contributed by atoms with Crippen LogP contribution in [-0.2, 0) is 6.54 Å². The number of halogens is 4. The third-order valence-electron chi connectivity index (χ3n) is 2.70. The molecule has 2 aromatic rings. The Morgan fingerprint density at radius 2 is 1.68 bits per heavy atom. The van der Waals surface area contributed by atoms with Gasteiger partial charge in [0.25, 0.3) is 0 Å². The van der Waals surface area contributed by atoms with Crippen LogP contribution < -0.4 is 5.32 Å². The molecule has 1 N–H and O–H groups in total. The Bertz CT molecular complexity index is 591. The van der Waals surface area contributed by atoms with Crippen molar-refractivity contribution in [2.75, 3.05) is 5.32 Å². The van der Waals surface area contributed by atoms with Gasteiger partial charge in [-0.1, -0.05) is 35.3 Å². The van der Waals surface area contributed by atoms with E-state index in [9.17, 15) is 8.78 Å². The summed E-state index contributed by atoms with van der Waals surface area (Å²) in [4.78, 5) is 0. The lowest BCUT2D eigenvalue weighted by Crippen LogP contribution is -2.00. The predicted molar refractivity (Wildman–Crippen MR) is 74.9 cm³/mol. The highest BCUT2D eigenvalue weighted by Gasteiger charge is 2.07. The van der Waals surface area contributed by atoms with Crippen molar-refractivity contribution < 1.29 is 8.78 Å². The van der Waals surface area contributed by atoms with Gasteiger partial charge in [0, 0.05) is 12.2 Å². The summed E-state index contributed by atoms with van der Waals surface area (Å²) in [7, 11) is 0. The lowest BCUT2D eigenvalue weighted by molar-refractivity contribution is 0.617. The Morgan fingerprint density at radius 1 is 1.05 bits per heavy atom. The Balaban J connectivity index is 2.12. The van der Waals surface area contributed by atoms with Crippen molar-refractivity contribution in [3.8, 4) is 0 Å². The molecule has 0 spiro atoms. The minimum atomic E-state index is -0.633. The largest absolute Gasteiger partial charge is 0.381 e. The molecule has 5 heteroatoms. The van der Waals surface area contributed by atoms with Crippen molar-refractivity contribution in [3.63, 3.8) is 0 Å². The molecular weight excluding hydrogens is 291 g/mol. The highest BCUT2D eigenvalue weighted by Crippen LogP contribution is 2.27. The number of nitrogens with one attached hydrogen (secondary N) is 1. The van der Waals surface area contributed by atoms with Gasteiger partial charge < -0.3 is 5.32 Å². The molecule has 1 nitrogen and oxygen atoms in total. The van der Waals surface area contributed by atoms with E-state index in [1.54, 1.807) is 19.1 Å². The monoisotopic (exact) mass is 301 g/mol. The molecule has 2 aromatic carbocycles. The van der Waals surface area contributed by atoms with Crippen LogP contribution in [0.2, 0.25) is 10.0 Å². The minimum Gasteiger partial charge on any atom is -0.381 e. The van der Waals surface area contributed by atoms with E-state index >= 15 is 0 Å². The highest BCUT2D eigenvalue weighted by molar-refractivity contribution is 6.35. The molecule has 100 valence electrons. The summed E-state index contributed by atoms with van der Waals surface area (Å²) in [5.41, 5.74) is 2.10. The molecule has 0 bridgehead atoms.